The van der Waals surface area contributed by atoms with Crippen molar-refractivity contribution < 1.29 is 13.6 Å². The molecule has 24 heavy (non-hydrogen) atoms. The van der Waals surface area contributed by atoms with Crippen LogP contribution in [0.1, 0.15) is 31.1 Å². The van der Waals surface area contributed by atoms with Crippen LogP contribution in [0.3, 0.4) is 0 Å². The molecule has 1 unspecified atom stereocenters. The first-order chi connectivity index (χ1) is 11.4. The van der Waals surface area contributed by atoms with Gasteiger partial charge in [-0.05, 0) is 19.9 Å². The molecule has 0 radical (unpaired) electrons. The van der Waals surface area contributed by atoms with Crippen LogP contribution < -0.4 is 5.32 Å². The summed E-state index contributed by atoms with van der Waals surface area (Å²) in [6.07, 6.45) is 1.67. The highest BCUT2D eigenvalue weighted by Gasteiger charge is 2.13. The highest BCUT2D eigenvalue weighted by atomic mass is 19.1. The highest BCUT2D eigenvalue weighted by molar-refractivity contribution is 5.75. The van der Waals surface area contributed by atoms with E-state index in [2.05, 4.69) is 15.6 Å². The first-order valence-electron chi connectivity index (χ1n) is 7.72. The Labute approximate surface area is 139 Å². The van der Waals surface area contributed by atoms with E-state index in [0.29, 0.717) is 24.3 Å². The molecule has 1 atom stereocenters. The number of carbonyl (C=O) groups is 1. The zero-order chi connectivity index (χ0) is 17.7. The second kappa shape index (κ2) is 7.96. The minimum atomic E-state index is -0.604. The van der Waals surface area contributed by atoms with Gasteiger partial charge in [-0.15, -0.1) is 5.10 Å². The number of likely N-dealkylation sites (N-methyl/N-ethyl adjacent to an activating group) is 1. The predicted molar refractivity (Wildman–Crippen MR) is 84.9 cm³/mol. The summed E-state index contributed by atoms with van der Waals surface area (Å²) >= 11 is 0. The Morgan fingerprint density at radius 3 is 2.83 bits per heavy atom. The van der Waals surface area contributed by atoms with Gasteiger partial charge >= 0.3 is 0 Å². The molecule has 0 aliphatic carbocycles. The van der Waals surface area contributed by atoms with E-state index in [4.69, 9.17) is 0 Å². The summed E-state index contributed by atoms with van der Waals surface area (Å²) in [6, 6.07) is 3.18. The lowest BCUT2D eigenvalue weighted by Crippen LogP contribution is -2.30. The second-order valence-corrected chi connectivity index (χ2v) is 5.58. The molecule has 0 bridgehead atoms. The van der Waals surface area contributed by atoms with Gasteiger partial charge in [-0.25, -0.2) is 13.5 Å². The van der Waals surface area contributed by atoms with Gasteiger partial charge < -0.3 is 10.2 Å². The molecular weight excluding hydrogens is 316 g/mol. The Kier molecular flexibility index (Phi) is 5.97. The predicted octanol–water partition coefficient (Wildman–Crippen LogP) is 1.89. The quantitative estimate of drug-likeness (QED) is 0.838. The van der Waals surface area contributed by atoms with Crippen molar-refractivity contribution in [2.24, 2.45) is 0 Å². The maximum absolute atomic E-state index is 13.7. The Morgan fingerprint density at radius 2 is 2.17 bits per heavy atom. The molecule has 1 aromatic carbocycles. The number of aromatic nitrogens is 3. The lowest BCUT2D eigenvalue weighted by molar-refractivity contribution is -0.130. The van der Waals surface area contributed by atoms with Crippen molar-refractivity contribution in [2.45, 2.75) is 33.0 Å². The summed E-state index contributed by atoms with van der Waals surface area (Å²) in [6.45, 7) is 4.78. The van der Waals surface area contributed by atoms with Crippen LogP contribution in [0, 0.1) is 11.6 Å². The van der Waals surface area contributed by atoms with Gasteiger partial charge in [0.25, 0.3) is 0 Å². The van der Waals surface area contributed by atoms with Crippen molar-refractivity contribution in [2.75, 3.05) is 13.6 Å². The smallest absolute Gasteiger partial charge is 0.244 e. The molecule has 1 N–H and O–H groups in total. The minimum Gasteiger partial charge on any atom is -0.344 e. The monoisotopic (exact) mass is 337 g/mol. The fourth-order valence-electron chi connectivity index (χ4n) is 2.15. The molecule has 2 aromatic rings. The second-order valence-electron chi connectivity index (χ2n) is 5.58. The zero-order valence-electron chi connectivity index (χ0n) is 14.0. The summed E-state index contributed by atoms with van der Waals surface area (Å²) in [5, 5.41) is 11.0. The molecule has 0 saturated heterocycles. The normalized spacial score (nSPS) is 12.2. The molecule has 8 heteroatoms. The molecule has 0 fully saturated rings. The molecule has 0 spiro atoms. The largest absolute Gasteiger partial charge is 0.344 e. The molecule has 1 heterocycles. The fraction of sp³-hybridized carbons (Fsp3) is 0.438. The number of hydrogen-bond donors (Lipinski definition) is 1. The zero-order valence-corrected chi connectivity index (χ0v) is 14.0. The van der Waals surface area contributed by atoms with Gasteiger partial charge in [0.2, 0.25) is 5.91 Å². The maximum Gasteiger partial charge on any atom is 0.244 e. The third-order valence-electron chi connectivity index (χ3n) is 3.80. The van der Waals surface area contributed by atoms with Crippen LogP contribution in [-0.2, 0) is 17.9 Å². The van der Waals surface area contributed by atoms with Gasteiger partial charge in [-0.1, -0.05) is 11.3 Å². The average Bonchev–Trinajstić information content (AvgIpc) is 2.99. The Balaban J connectivity index is 1.91. The molecular formula is C16H21F2N5O. The highest BCUT2D eigenvalue weighted by Crippen LogP contribution is 2.17. The number of halogens is 2. The number of amides is 1. The van der Waals surface area contributed by atoms with E-state index in [1.165, 1.54) is 16.8 Å². The summed E-state index contributed by atoms with van der Waals surface area (Å²) in [5.74, 6) is -1.25. The topological polar surface area (TPSA) is 63.1 Å². The van der Waals surface area contributed by atoms with Crippen molar-refractivity contribution in [1.82, 2.24) is 25.2 Å². The van der Waals surface area contributed by atoms with Gasteiger partial charge in [0.15, 0.2) is 0 Å². The van der Waals surface area contributed by atoms with Gasteiger partial charge in [0.05, 0.1) is 11.9 Å². The van der Waals surface area contributed by atoms with E-state index < -0.39 is 11.6 Å². The molecule has 130 valence electrons. The number of nitrogens with one attached hydrogen (secondary N) is 1. The number of hydrogen-bond acceptors (Lipinski definition) is 4. The van der Waals surface area contributed by atoms with E-state index in [1.54, 1.807) is 25.1 Å². The van der Waals surface area contributed by atoms with Crippen LogP contribution in [0.25, 0.3) is 0 Å². The maximum atomic E-state index is 13.7. The van der Waals surface area contributed by atoms with Crippen LogP contribution in [0.2, 0.25) is 0 Å². The summed E-state index contributed by atoms with van der Waals surface area (Å²) in [7, 11) is 1.72. The molecule has 1 aromatic heterocycles. The summed E-state index contributed by atoms with van der Waals surface area (Å²) in [5.41, 5.74) is 1.01. The Morgan fingerprint density at radius 1 is 1.42 bits per heavy atom. The molecule has 1 amide bonds. The number of carbonyl (C=O) groups excluding carboxylic acids is 1. The Hall–Kier alpha value is -2.35. The average molecular weight is 337 g/mol. The van der Waals surface area contributed by atoms with Crippen molar-refractivity contribution >= 4 is 5.91 Å². The van der Waals surface area contributed by atoms with Crippen LogP contribution in [0.4, 0.5) is 8.78 Å². The van der Waals surface area contributed by atoms with E-state index >= 15 is 0 Å². The molecule has 2 rings (SSSR count). The van der Waals surface area contributed by atoms with Gasteiger partial charge in [0.1, 0.15) is 18.2 Å². The van der Waals surface area contributed by atoms with Crippen LogP contribution in [0.5, 0.6) is 0 Å². The molecule has 0 aliphatic rings. The SMILES string of the molecule is CCN(C)C(=O)Cn1cc(CNC(C)c2ccc(F)cc2F)nn1. The van der Waals surface area contributed by atoms with E-state index in [-0.39, 0.29) is 18.5 Å². The van der Waals surface area contributed by atoms with Gasteiger partial charge in [-0.2, -0.15) is 0 Å². The van der Waals surface area contributed by atoms with E-state index in [1.807, 2.05) is 6.92 Å². The third kappa shape index (κ3) is 4.58. The lowest BCUT2D eigenvalue weighted by Gasteiger charge is -2.14. The van der Waals surface area contributed by atoms with Crippen LogP contribution in [0.15, 0.2) is 24.4 Å². The van der Waals surface area contributed by atoms with Gasteiger partial charge in [-0.3, -0.25) is 4.79 Å². The molecule has 6 nitrogen and oxygen atoms in total. The number of benzene rings is 1. The first-order valence-corrected chi connectivity index (χ1v) is 7.72. The first kappa shape index (κ1) is 18.0. The minimum absolute atomic E-state index is 0.0522. The van der Waals surface area contributed by atoms with Crippen molar-refractivity contribution in [3.8, 4) is 0 Å². The van der Waals surface area contributed by atoms with Crippen molar-refractivity contribution in [3.63, 3.8) is 0 Å². The van der Waals surface area contributed by atoms with Crippen molar-refractivity contribution in [3.05, 3.63) is 47.3 Å². The summed E-state index contributed by atoms with van der Waals surface area (Å²) in [4.78, 5) is 13.4. The molecule has 0 saturated carbocycles. The Bertz CT molecular complexity index is 704. The number of nitrogens with zero attached hydrogens (tertiary/aromatic N) is 4. The summed E-state index contributed by atoms with van der Waals surface area (Å²) < 4.78 is 28.1. The van der Waals surface area contributed by atoms with E-state index in [9.17, 15) is 13.6 Å². The van der Waals surface area contributed by atoms with Crippen molar-refractivity contribution in [1.29, 1.82) is 0 Å². The fourth-order valence-corrected chi connectivity index (χ4v) is 2.15. The lowest BCUT2D eigenvalue weighted by atomic mass is 10.1. The molecule has 0 aliphatic heterocycles. The van der Waals surface area contributed by atoms with Gasteiger partial charge in [0, 0.05) is 37.8 Å². The number of rotatable bonds is 7. The standard InChI is InChI=1S/C16H21F2N5O/c1-4-22(3)16(24)10-23-9-13(20-21-23)8-19-11(2)14-6-5-12(17)7-15(14)18/h5-7,9,11,19H,4,8,10H2,1-3H3. The van der Waals surface area contributed by atoms with Crippen LogP contribution >= 0.6 is 0 Å². The van der Waals surface area contributed by atoms with Crippen LogP contribution in [-0.4, -0.2) is 39.4 Å². The third-order valence-corrected chi connectivity index (χ3v) is 3.80. The van der Waals surface area contributed by atoms with E-state index in [0.717, 1.165) is 6.07 Å².